The minimum absolute atomic E-state index is 0.0549. The van der Waals surface area contributed by atoms with Crippen LogP contribution < -0.4 is 11.1 Å². The van der Waals surface area contributed by atoms with Crippen molar-refractivity contribution in [2.24, 2.45) is 11.1 Å². The van der Waals surface area contributed by atoms with Crippen LogP contribution in [-0.4, -0.2) is 44.5 Å². The van der Waals surface area contributed by atoms with Crippen molar-refractivity contribution in [2.45, 2.75) is 65.3 Å². The second-order valence-corrected chi connectivity index (χ2v) is 12.8. The van der Waals surface area contributed by atoms with Crippen molar-refractivity contribution in [1.29, 1.82) is 0 Å². The number of aliphatic hydroxyl groups excluding tert-OH is 1. The first kappa shape index (κ1) is 21.1. The summed E-state index contributed by atoms with van der Waals surface area (Å²) in [6, 6.07) is 0. The fraction of sp³-hybridized carbons (Fsp3) is 0.867. The number of amides is 2. The number of hydrogen-bond acceptors (Lipinski definition) is 4. The van der Waals surface area contributed by atoms with Crippen LogP contribution in [0.15, 0.2) is 0 Å². The summed E-state index contributed by atoms with van der Waals surface area (Å²) in [7, 11) is -1.94. The number of hydrogen-bond donors (Lipinski definition) is 3. The molecular formula is C15H32N2O4Si. The maximum Gasteiger partial charge on any atom is 0.249 e. The van der Waals surface area contributed by atoms with Gasteiger partial charge in [-0.05, 0) is 18.1 Å². The number of aliphatic hydroxyl groups is 1. The molecule has 0 rings (SSSR count). The predicted molar refractivity (Wildman–Crippen MR) is 89.8 cm³/mol. The Kier molecular flexibility index (Phi) is 7.25. The molecule has 0 fully saturated rings. The summed E-state index contributed by atoms with van der Waals surface area (Å²) in [5.41, 5.74) is 4.29. The molecule has 0 aromatic heterocycles. The maximum absolute atomic E-state index is 11.9. The van der Waals surface area contributed by atoms with E-state index in [1.165, 1.54) is 0 Å². The van der Waals surface area contributed by atoms with E-state index in [0.29, 0.717) is 6.61 Å². The van der Waals surface area contributed by atoms with Gasteiger partial charge in [0.05, 0.1) is 0 Å². The van der Waals surface area contributed by atoms with Crippen LogP contribution in [0.2, 0.25) is 18.1 Å². The zero-order valence-corrected chi connectivity index (χ0v) is 15.9. The molecule has 4 N–H and O–H groups in total. The highest BCUT2D eigenvalue weighted by atomic mass is 28.4. The third kappa shape index (κ3) is 6.45. The van der Waals surface area contributed by atoms with Gasteiger partial charge in [-0.15, -0.1) is 0 Å². The van der Waals surface area contributed by atoms with E-state index in [4.69, 9.17) is 10.2 Å². The second-order valence-electron chi connectivity index (χ2n) is 7.95. The molecule has 0 spiro atoms. The van der Waals surface area contributed by atoms with E-state index >= 15 is 0 Å². The number of nitrogens with one attached hydrogen (secondary N) is 1. The smallest absolute Gasteiger partial charge is 0.249 e. The van der Waals surface area contributed by atoms with E-state index in [1.807, 2.05) is 0 Å². The Morgan fingerprint density at radius 2 is 1.73 bits per heavy atom. The van der Waals surface area contributed by atoms with Gasteiger partial charge in [-0.3, -0.25) is 9.59 Å². The molecular weight excluding hydrogens is 300 g/mol. The number of carbonyl (C=O) groups excluding carboxylic acids is 2. The van der Waals surface area contributed by atoms with Gasteiger partial charge in [-0.1, -0.05) is 34.6 Å². The monoisotopic (exact) mass is 332 g/mol. The standard InChI is InChI=1S/C15H32N2O4Si/c1-14(2,3)22(6,7)21-10-15(4,5)12(19)13(20)17-9-8-11(16)18/h12,19H,8-10H2,1-7H3,(H2,16,18)(H,17,20)/t12-/m0/s1. The topological polar surface area (TPSA) is 102 Å². The summed E-state index contributed by atoms with van der Waals surface area (Å²) in [5, 5.41) is 12.8. The van der Waals surface area contributed by atoms with Gasteiger partial charge in [0.15, 0.2) is 8.32 Å². The maximum atomic E-state index is 11.9. The Morgan fingerprint density at radius 3 is 2.14 bits per heavy atom. The average Bonchev–Trinajstić information content (AvgIpc) is 2.33. The molecule has 0 radical (unpaired) electrons. The lowest BCUT2D eigenvalue weighted by Crippen LogP contribution is -2.49. The molecule has 0 saturated heterocycles. The second kappa shape index (κ2) is 7.57. The molecule has 6 nitrogen and oxygen atoms in total. The molecule has 7 heteroatoms. The van der Waals surface area contributed by atoms with E-state index in [9.17, 15) is 14.7 Å². The van der Waals surface area contributed by atoms with Crippen LogP contribution in [0, 0.1) is 5.41 Å². The van der Waals surface area contributed by atoms with Crippen LogP contribution in [0.25, 0.3) is 0 Å². The largest absolute Gasteiger partial charge is 0.416 e. The molecule has 0 aromatic carbocycles. The van der Waals surface area contributed by atoms with Gasteiger partial charge in [0.25, 0.3) is 0 Å². The first-order chi connectivity index (χ1) is 9.71. The van der Waals surface area contributed by atoms with E-state index < -0.39 is 31.7 Å². The Labute approximate surface area is 134 Å². The summed E-state index contributed by atoms with van der Waals surface area (Å²) < 4.78 is 6.10. The summed E-state index contributed by atoms with van der Waals surface area (Å²) in [4.78, 5) is 22.6. The van der Waals surface area contributed by atoms with Crippen LogP contribution in [0.5, 0.6) is 0 Å². The molecule has 0 bridgehead atoms. The van der Waals surface area contributed by atoms with Crippen molar-refractivity contribution >= 4 is 20.1 Å². The lowest BCUT2D eigenvalue weighted by Gasteiger charge is -2.40. The third-order valence-electron chi connectivity index (χ3n) is 4.27. The molecule has 0 aromatic rings. The highest BCUT2D eigenvalue weighted by molar-refractivity contribution is 6.74. The van der Waals surface area contributed by atoms with Gasteiger partial charge in [0.1, 0.15) is 6.10 Å². The Morgan fingerprint density at radius 1 is 1.23 bits per heavy atom. The van der Waals surface area contributed by atoms with Crippen LogP contribution in [-0.2, 0) is 14.0 Å². The first-order valence-electron chi connectivity index (χ1n) is 7.59. The van der Waals surface area contributed by atoms with Gasteiger partial charge < -0.3 is 20.6 Å². The van der Waals surface area contributed by atoms with Gasteiger partial charge in [-0.2, -0.15) is 0 Å². The molecule has 0 aliphatic heterocycles. The van der Waals surface area contributed by atoms with Gasteiger partial charge >= 0.3 is 0 Å². The number of rotatable bonds is 8. The van der Waals surface area contributed by atoms with E-state index in [0.717, 1.165) is 0 Å². The Balaban J connectivity index is 4.59. The third-order valence-corrected chi connectivity index (χ3v) is 8.75. The van der Waals surface area contributed by atoms with Crippen molar-refractivity contribution in [3.05, 3.63) is 0 Å². The van der Waals surface area contributed by atoms with E-state index in [-0.39, 0.29) is 18.0 Å². The van der Waals surface area contributed by atoms with Gasteiger partial charge in [0.2, 0.25) is 11.8 Å². The van der Waals surface area contributed by atoms with Crippen molar-refractivity contribution in [2.75, 3.05) is 13.2 Å². The van der Waals surface area contributed by atoms with Gasteiger partial charge in [-0.25, -0.2) is 0 Å². The van der Waals surface area contributed by atoms with E-state index in [1.54, 1.807) is 13.8 Å². The summed E-state index contributed by atoms with van der Waals surface area (Å²) >= 11 is 0. The average molecular weight is 333 g/mol. The normalized spacial score (nSPS) is 14.5. The highest BCUT2D eigenvalue weighted by Gasteiger charge is 2.41. The van der Waals surface area contributed by atoms with Crippen LogP contribution in [0.1, 0.15) is 41.0 Å². The molecule has 1 atom stereocenters. The highest BCUT2D eigenvalue weighted by Crippen LogP contribution is 2.38. The molecule has 0 aliphatic rings. The van der Waals surface area contributed by atoms with Crippen molar-refractivity contribution in [3.8, 4) is 0 Å². The quantitative estimate of drug-likeness (QED) is 0.584. The lowest BCUT2D eigenvalue weighted by molar-refractivity contribution is -0.136. The number of carbonyl (C=O) groups is 2. The van der Waals surface area contributed by atoms with E-state index in [2.05, 4.69) is 39.2 Å². The summed E-state index contributed by atoms with van der Waals surface area (Å²) in [6.45, 7) is 14.7. The van der Waals surface area contributed by atoms with Crippen molar-refractivity contribution < 1.29 is 19.1 Å². The molecule has 0 saturated carbocycles. The lowest BCUT2D eigenvalue weighted by atomic mass is 9.87. The molecule has 0 aliphatic carbocycles. The van der Waals surface area contributed by atoms with Crippen molar-refractivity contribution in [1.82, 2.24) is 5.32 Å². The SMILES string of the molecule is CC(C)(CO[Si](C)(C)C(C)(C)C)[C@@H](O)C(=O)NCCC(N)=O. The zero-order chi connectivity index (χ0) is 17.8. The number of primary amides is 1. The van der Waals surface area contributed by atoms with Crippen LogP contribution in [0.4, 0.5) is 0 Å². The first-order valence-corrected chi connectivity index (χ1v) is 10.5. The Bertz CT molecular complexity index is 403. The van der Waals surface area contributed by atoms with Crippen LogP contribution in [0.3, 0.4) is 0 Å². The molecule has 22 heavy (non-hydrogen) atoms. The minimum atomic E-state index is -1.94. The predicted octanol–water partition coefficient (Wildman–Crippen LogP) is 1.39. The zero-order valence-electron chi connectivity index (χ0n) is 14.9. The summed E-state index contributed by atoms with van der Waals surface area (Å²) in [5.74, 6) is -1.000. The van der Waals surface area contributed by atoms with Crippen molar-refractivity contribution in [3.63, 3.8) is 0 Å². The summed E-state index contributed by atoms with van der Waals surface area (Å²) in [6.07, 6.45) is -1.15. The fourth-order valence-electron chi connectivity index (χ4n) is 1.42. The molecule has 130 valence electrons. The fourth-order valence-corrected chi connectivity index (χ4v) is 2.59. The number of nitrogens with two attached hydrogens (primary N) is 1. The molecule has 0 heterocycles. The minimum Gasteiger partial charge on any atom is -0.416 e. The van der Waals surface area contributed by atoms with Gasteiger partial charge in [0, 0.05) is 25.0 Å². The molecule has 0 unspecified atom stereocenters. The Hall–Kier alpha value is -0.923. The van der Waals surface area contributed by atoms with Crippen LogP contribution >= 0.6 is 0 Å². The molecule has 2 amide bonds.